The molecule has 1 aromatic carbocycles. The number of nitrogens with zero attached hydrogens (tertiary/aromatic N) is 1. The zero-order valence-electron chi connectivity index (χ0n) is 12.2. The summed E-state index contributed by atoms with van der Waals surface area (Å²) in [5.41, 5.74) is 0.859. The number of rotatable bonds is 5. The first-order chi connectivity index (χ1) is 9.53. The summed E-state index contributed by atoms with van der Waals surface area (Å²) < 4.78 is 26.5. The smallest absolute Gasteiger partial charge is 0.218 e. The van der Waals surface area contributed by atoms with Crippen molar-refractivity contribution in [1.82, 2.24) is 9.62 Å². The van der Waals surface area contributed by atoms with E-state index in [1.807, 2.05) is 37.4 Å². The van der Waals surface area contributed by atoms with Crippen LogP contribution < -0.4 is 5.32 Å². The van der Waals surface area contributed by atoms with Crippen molar-refractivity contribution in [3.8, 4) is 0 Å². The Bertz CT molecular complexity index is 508. The molecule has 4 nitrogen and oxygen atoms in total. The maximum absolute atomic E-state index is 12.4. The van der Waals surface area contributed by atoms with Crippen LogP contribution in [0.2, 0.25) is 0 Å². The van der Waals surface area contributed by atoms with Gasteiger partial charge in [0.15, 0.2) is 0 Å². The lowest BCUT2D eigenvalue weighted by molar-refractivity contribution is 0.236. The van der Waals surface area contributed by atoms with Gasteiger partial charge in [0.2, 0.25) is 10.0 Å². The topological polar surface area (TPSA) is 49.4 Å². The Morgan fingerprint density at radius 2 is 1.85 bits per heavy atom. The molecule has 112 valence electrons. The second-order valence-corrected chi connectivity index (χ2v) is 7.52. The highest BCUT2D eigenvalue weighted by molar-refractivity contribution is 7.88. The highest BCUT2D eigenvalue weighted by atomic mass is 32.2. The van der Waals surface area contributed by atoms with Crippen LogP contribution in [0.4, 0.5) is 0 Å². The van der Waals surface area contributed by atoms with E-state index in [0.29, 0.717) is 25.0 Å². The molecule has 5 heteroatoms. The summed E-state index contributed by atoms with van der Waals surface area (Å²) in [6, 6.07) is 9.85. The van der Waals surface area contributed by atoms with Crippen LogP contribution in [0.1, 0.15) is 25.3 Å². The Hall–Kier alpha value is -0.910. The van der Waals surface area contributed by atoms with Crippen molar-refractivity contribution in [2.45, 2.75) is 31.6 Å². The van der Waals surface area contributed by atoms with Gasteiger partial charge in [-0.1, -0.05) is 30.3 Å². The number of hydrogen-bond donors (Lipinski definition) is 1. The van der Waals surface area contributed by atoms with Gasteiger partial charge in [0.1, 0.15) is 0 Å². The molecule has 0 aromatic heterocycles. The first kappa shape index (κ1) is 15.5. The van der Waals surface area contributed by atoms with Crippen LogP contribution in [0.25, 0.3) is 0 Å². The second kappa shape index (κ2) is 6.70. The number of sulfonamides is 1. The van der Waals surface area contributed by atoms with Gasteiger partial charge in [-0.05, 0) is 38.3 Å². The molecule has 1 saturated heterocycles. The van der Waals surface area contributed by atoms with Crippen LogP contribution in [0.3, 0.4) is 0 Å². The van der Waals surface area contributed by atoms with E-state index in [-0.39, 0.29) is 5.75 Å². The quantitative estimate of drug-likeness (QED) is 0.902. The first-order valence-corrected chi connectivity index (χ1v) is 8.83. The van der Waals surface area contributed by atoms with E-state index in [0.717, 1.165) is 18.4 Å². The maximum atomic E-state index is 12.4. The van der Waals surface area contributed by atoms with Gasteiger partial charge in [0, 0.05) is 19.1 Å². The molecule has 1 fully saturated rings. The van der Waals surface area contributed by atoms with E-state index in [2.05, 4.69) is 12.2 Å². The molecule has 0 amide bonds. The average Bonchev–Trinajstić information content (AvgIpc) is 2.47. The molecule has 1 unspecified atom stereocenters. The minimum atomic E-state index is -3.18. The number of piperidine rings is 1. The van der Waals surface area contributed by atoms with Crippen molar-refractivity contribution in [2.24, 2.45) is 5.92 Å². The summed E-state index contributed by atoms with van der Waals surface area (Å²) in [4.78, 5) is 0. The molecule has 0 aliphatic carbocycles. The van der Waals surface area contributed by atoms with Crippen molar-refractivity contribution in [2.75, 3.05) is 20.1 Å². The molecule has 1 N–H and O–H groups in total. The highest BCUT2D eigenvalue weighted by Gasteiger charge is 2.29. The van der Waals surface area contributed by atoms with Crippen LogP contribution in [0, 0.1) is 5.92 Å². The molecule has 1 aliphatic heterocycles. The van der Waals surface area contributed by atoms with Crippen LogP contribution in [-0.2, 0) is 15.8 Å². The van der Waals surface area contributed by atoms with Crippen molar-refractivity contribution in [3.63, 3.8) is 0 Å². The monoisotopic (exact) mass is 296 g/mol. The maximum Gasteiger partial charge on any atom is 0.218 e. The Kier molecular flexibility index (Phi) is 5.18. The second-order valence-electron chi connectivity index (χ2n) is 5.56. The predicted octanol–water partition coefficient (Wildman–Crippen LogP) is 1.84. The van der Waals surface area contributed by atoms with Crippen LogP contribution in [0.15, 0.2) is 30.3 Å². The van der Waals surface area contributed by atoms with E-state index >= 15 is 0 Å². The summed E-state index contributed by atoms with van der Waals surface area (Å²) in [7, 11) is -1.22. The summed E-state index contributed by atoms with van der Waals surface area (Å²) >= 11 is 0. The molecule has 1 heterocycles. The lowest BCUT2D eigenvalue weighted by atomic mass is 9.91. The molecule has 0 bridgehead atoms. The molecule has 1 atom stereocenters. The van der Waals surface area contributed by atoms with Gasteiger partial charge >= 0.3 is 0 Å². The molecule has 0 radical (unpaired) electrons. The van der Waals surface area contributed by atoms with E-state index in [1.54, 1.807) is 4.31 Å². The zero-order valence-corrected chi connectivity index (χ0v) is 13.1. The summed E-state index contributed by atoms with van der Waals surface area (Å²) in [5, 5.41) is 3.26. The van der Waals surface area contributed by atoms with E-state index in [1.165, 1.54) is 0 Å². The summed E-state index contributed by atoms with van der Waals surface area (Å²) in [6.45, 7) is 3.45. The van der Waals surface area contributed by atoms with Gasteiger partial charge in [-0.25, -0.2) is 12.7 Å². The number of nitrogens with one attached hydrogen (secondary N) is 1. The molecule has 20 heavy (non-hydrogen) atoms. The zero-order chi connectivity index (χ0) is 14.6. The fraction of sp³-hybridized carbons (Fsp3) is 0.600. The Labute approximate surface area is 122 Å². The minimum absolute atomic E-state index is 0.111. The van der Waals surface area contributed by atoms with Gasteiger partial charge in [-0.15, -0.1) is 0 Å². The molecule has 0 saturated carbocycles. The van der Waals surface area contributed by atoms with Gasteiger partial charge in [-0.2, -0.15) is 0 Å². The summed E-state index contributed by atoms with van der Waals surface area (Å²) in [5.74, 6) is 0.684. The van der Waals surface area contributed by atoms with Crippen molar-refractivity contribution < 1.29 is 8.42 Å². The fourth-order valence-electron chi connectivity index (χ4n) is 2.77. The third-order valence-electron chi connectivity index (χ3n) is 4.25. The Morgan fingerprint density at radius 1 is 1.25 bits per heavy atom. The average molecular weight is 296 g/mol. The van der Waals surface area contributed by atoms with Crippen molar-refractivity contribution in [3.05, 3.63) is 35.9 Å². The largest absolute Gasteiger partial charge is 0.317 e. The number of hydrogen-bond acceptors (Lipinski definition) is 3. The van der Waals surface area contributed by atoms with Crippen molar-refractivity contribution in [1.29, 1.82) is 0 Å². The standard InChI is InChI=1S/C15H24N2O2S/c1-13(16-2)15-8-10-17(11-9-15)20(18,19)12-14-6-4-3-5-7-14/h3-7,13,15-16H,8-12H2,1-2H3. The minimum Gasteiger partial charge on any atom is -0.317 e. The van der Waals surface area contributed by atoms with Crippen LogP contribution >= 0.6 is 0 Å². The van der Waals surface area contributed by atoms with Crippen molar-refractivity contribution >= 4 is 10.0 Å². The Morgan fingerprint density at radius 3 is 2.40 bits per heavy atom. The lowest BCUT2D eigenvalue weighted by Crippen LogP contribution is -2.43. The van der Waals surface area contributed by atoms with Crippen LogP contribution in [0.5, 0.6) is 0 Å². The van der Waals surface area contributed by atoms with E-state index in [4.69, 9.17) is 0 Å². The highest BCUT2D eigenvalue weighted by Crippen LogP contribution is 2.23. The number of benzene rings is 1. The molecule has 0 spiro atoms. The van der Waals surface area contributed by atoms with Gasteiger partial charge in [0.05, 0.1) is 5.75 Å². The van der Waals surface area contributed by atoms with Gasteiger partial charge < -0.3 is 5.32 Å². The lowest BCUT2D eigenvalue weighted by Gasteiger charge is -2.34. The third kappa shape index (κ3) is 3.81. The Balaban J connectivity index is 1.95. The van der Waals surface area contributed by atoms with E-state index < -0.39 is 10.0 Å². The molecule has 2 rings (SSSR count). The van der Waals surface area contributed by atoms with Gasteiger partial charge in [0.25, 0.3) is 0 Å². The first-order valence-electron chi connectivity index (χ1n) is 7.22. The normalized spacial score (nSPS) is 19.9. The van der Waals surface area contributed by atoms with Crippen LogP contribution in [-0.4, -0.2) is 38.9 Å². The third-order valence-corrected chi connectivity index (χ3v) is 6.10. The fourth-order valence-corrected chi connectivity index (χ4v) is 4.33. The van der Waals surface area contributed by atoms with Gasteiger partial charge in [-0.3, -0.25) is 0 Å². The SMILES string of the molecule is CNC(C)C1CCN(S(=O)(=O)Cc2ccccc2)CC1. The molecular weight excluding hydrogens is 272 g/mol. The predicted molar refractivity (Wildman–Crippen MR) is 81.9 cm³/mol. The molecule has 1 aromatic rings. The molecule has 1 aliphatic rings. The summed E-state index contributed by atoms with van der Waals surface area (Å²) in [6.07, 6.45) is 1.88. The molecular formula is C15H24N2O2S. The van der Waals surface area contributed by atoms with E-state index in [9.17, 15) is 8.42 Å².